The van der Waals surface area contributed by atoms with E-state index in [-0.39, 0.29) is 11.8 Å². The fourth-order valence-electron chi connectivity index (χ4n) is 2.45. The molecule has 1 aliphatic heterocycles. The van der Waals surface area contributed by atoms with Gasteiger partial charge in [-0.2, -0.15) is 0 Å². The number of likely N-dealkylation sites (tertiary alicyclic amines) is 1. The van der Waals surface area contributed by atoms with Crippen LogP contribution in [0, 0.1) is 5.92 Å². The van der Waals surface area contributed by atoms with E-state index in [0.29, 0.717) is 5.92 Å². The van der Waals surface area contributed by atoms with E-state index in [1.807, 2.05) is 0 Å². The highest BCUT2D eigenvalue weighted by atomic mass is 16.4. The number of hydrogen-bond donors (Lipinski definition) is 1. The van der Waals surface area contributed by atoms with Crippen LogP contribution in [0.3, 0.4) is 0 Å². The zero-order valence-corrected chi connectivity index (χ0v) is 10.3. The van der Waals surface area contributed by atoms with Crippen molar-refractivity contribution in [3.8, 4) is 0 Å². The fourth-order valence-corrected chi connectivity index (χ4v) is 2.45. The molecule has 0 radical (unpaired) electrons. The van der Waals surface area contributed by atoms with Crippen molar-refractivity contribution in [1.29, 1.82) is 0 Å². The summed E-state index contributed by atoms with van der Waals surface area (Å²) in [5, 5.41) is 8.82. The van der Waals surface area contributed by atoms with Gasteiger partial charge in [0, 0.05) is 6.54 Å². The first kappa shape index (κ1) is 12.2. The lowest BCUT2D eigenvalue weighted by atomic mass is 9.98. The number of piperidine rings is 1. The minimum atomic E-state index is -1.00. The first-order valence-corrected chi connectivity index (χ1v) is 6.15. The molecular weight excluding hydrogens is 218 g/mol. The van der Waals surface area contributed by atoms with Crippen molar-refractivity contribution < 1.29 is 14.3 Å². The molecule has 1 aromatic rings. The van der Waals surface area contributed by atoms with Crippen LogP contribution in [-0.4, -0.2) is 29.1 Å². The smallest absolute Gasteiger partial charge is 0.371 e. The summed E-state index contributed by atoms with van der Waals surface area (Å²) in [6.45, 7) is 6.45. The summed E-state index contributed by atoms with van der Waals surface area (Å²) < 4.78 is 5.35. The molecule has 17 heavy (non-hydrogen) atoms. The summed E-state index contributed by atoms with van der Waals surface area (Å²) in [5.74, 6) is 0.476. The van der Waals surface area contributed by atoms with Gasteiger partial charge in [-0.15, -0.1) is 0 Å². The maximum absolute atomic E-state index is 10.8. The lowest BCUT2D eigenvalue weighted by Crippen LogP contribution is -2.36. The molecule has 2 heterocycles. The number of hydrogen-bond acceptors (Lipinski definition) is 3. The Morgan fingerprint density at radius 2 is 2.35 bits per heavy atom. The molecule has 2 unspecified atom stereocenters. The lowest BCUT2D eigenvalue weighted by Gasteiger charge is -2.34. The van der Waals surface area contributed by atoms with Crippen LogP contribution in [0.15, 0.2) is 16.5 Å². The Labute approximate surface area is 101 Å². The second-order valence-corrected chi connectivity index (χ2v) is 4.93. The standard InChI is InChI=1S/C13H19NO3/c1-9-4-3-7-14(8-9)10(2)11-5-6-12(17-11)13(15)16/h5-6,9-10H,3-4,7-8H2,1-2H3,(H,15,16). The average molecular weight is 237 g/mol. The highest BCUT2D eigenvalue weighted by Crippen LogP contribution is 2.27. The summed E-state index contributed by atoms with van der Waals surface area (Å²) in [6, 6.07) is 3.46. The van der Waals surface area contributed by atoms with Gasteiger partial charge in [0.2, 0.25) is 5.76 Å². The highest BCUT2D eigenvalue weighted by molar-refractivity contribution is 5.84. The molecule has 0 aromatic carbocycles. The molecular formula is C13H19NO3. The molecule has 94 valence electrons. The molecule has 1 N–H and O–H groups in total. The van der Waals surface area contributed by atoms with Crippen molar-refractivity contribution in [2.24, 2.45) is 5.92 Å². The van der Waals surface area contributed by atoms with Gasteiger partial charge in [0.05, 0.1) is 6.04 Å². The van der Waals surface area contributed by atoms with Crippen molar-refractivity contribution in [2.75, 3.05) is 13.1 Å². The van der Waals surface area contributed by atoms with E-state index >= 15 is 0 Å². The zero-order valence-electron chi connectivity index (χ0n) is 10.3. The first-order valence-electron chi connectivity index (χ1n) is 6.15. The molecule has 0 bridgehead atoms. The minimum absolute atomic E-state index is 0.0249. The zero-order chi connectivity index (χ0) is 12.4. The van der Waals surface area contributed by atoms with Gasteiger partial charge in [0.1, 0.15) is 5.76 Å². The SMILES string of the molecule is CC1CCCN(C(C)c2ccc(C(=O)O)o2)C1. The molecule has 1 saturated heterocycles. The lowest BCUT2D eigenvalue weighted by molar-refractivity contribution is 0.0652. The number of carboxylic acids is 1. The molecule has 4 heteroatoms. The Balaban J connectivity index is 2.07. The molecule has 1 aromatic heterocycles. The van der Waals surface area contributed by atoms with Gasteiger partial charge in [-0.05, 0) is 44.4 Å². The number of nitrogens with zero attached hydrogens (tertiary/aromatic N) is 1. The monoisotopic (exact) mass is 237 g/mol. The molecule has 0 saturated carbocycles. The fraction of sp³-hybridized carbons (Fsp3) is 0.615. The maximum atomic E-state index is 10.8. The first-order chi connectivity index (χ1) is 8.08. The second-order valence-electron chi connectivity index (χ2n) is 4.93. The van der Waals surface area contributed by atoms with Gasteiger partial charge in [-0.1, -0.05) is 6.92 Å². The van der Waals surface area contributed by atoms with E-state index in [0.717, 1.165) is 18.8 Å². The number of aromatic carboxylic acids is 1. The number of furan rings is 1. The third-order valence-corrected chi connectivity index (χ3v) is 3.49. The summed E-state index contributed by atoms with van der Waals surface area (Å²) in [6.07, 6.45) is 2.49. The van der Waals surface area contributed by atoms with Crippen molar-refractivity contribution in [3.05, 3.63) is 23.7 Å². The summed E-state index contributed by atoms with van der Waals surface area (Å²) in [7, 11) is 0. The Bertz CT molecular complexity index is 399. The van der Waals surface area contributed by atoms with Crippen LogP contribution in [0.1, 0.15) is 49.0 Å². The molecule has 0 amide bonds. The van der Waals surface area contributed by atoms with Gasteiger partial charge in [-0.25, -0.2) is 4.79 Å². The van der Waals surface area contributed by atoms with Crippen LogP contribution in [0.25, 0.3) is 0 Å². The van der Waals surface area contributed by atoms with Gasteiger partial charge in [0.15, 0.2) is 0 Å². The van der Waals surface area contributed by atoms with Crippen molar-refractivity contribution in [2.45, 2.75) is 32.7 Å². The van der Waals surface area contributed by atoms with Crippen LogP contribution in [-0.2, 0) is 0 Å². The van der Waals surface area contributed by atoms with E-state index in [2.05, 4.69) is 18.7 Å². The number of rotatable bonds is 3. The Kier molecular flexibility index (Phi) is 3.52. The number of carboxylic acid groups (broad SMARTS) is 1. The van der Waals surface area contributed by atoms with Crippen molar-refractivity contribution in [3.63, 3.8) is 0 Å². The Morgan fingerprint density at radius 1 is 1.59 bits per heavy atom. The Morgan fingerprint density at radius 3 is 2.94 bits per heavy atom. The largest absolute Gasteiger partial charge is 0.475 e. The van der Waals surface area contributed by atoms with Crippen molar-refractivity contribution in [1.82, 2.24) is 4.90 Å². The quantitative estimate of drug-likeness (QED) is 0.878. The van der Waals surface area contributed by atoms with Crippen LogP contribution >= 0.6 is 0 Å². The average Bonchev–Trinajstić information content (AvgIpc) is 2.77. The summed E-state index contributed by atoms with van der Waals surface area (Å²) >= 11 is 0. The third-order valence-electron chi connectivity index (χ3n) is 3.49. The van der Waals surface area contributed by atoms with E-state index in [1.165, 1.54) is 18.9 Å². The van der Waals surface area contributed by atoms with Gasteiger partial charge >= 0.3 is 5.97 Å². The van der Waals surface area contributed by atoms with Gasteiger partial charge in [0.25, 0.3) is 0 Å². The second kappa shape index (κ2) is 4.92. The minimum Gasteiger partial charge on any atom is -0.475 e. The molecule has 1 fully saturated rings. The molecule has 2 rings (SSSR count). The van der Waals surface area contributed by atoms with Crippen molar-refractivity contribution >= 4 is 5.97 Å². The predicted octanol–water partition coefficient (Wildman–Crippen LogP) is 2.77. The molecule has 4 nitrogen and oxygen atoms in total. The normalized spacial score (nSPS) is 23.5. The summed E-state index contributed by atoms with van der Waals surface area (Å²) in [4.78, 5) is 13.1. The van der Waals surface area contributed by atoms with Crippen LogP contribution < -0.4 is 0 Å². The molecule has 0 spiro atoms. The van der Waals surface area contributed by atoms with Crippen LogP contribution in [0.5, 0.6) is 0 Å². The van der Waals surface area contributed by atoms with Crippen LogP contribution in [0.4, 0.5) is 0 Å². The van der Waals surface area contributed by atoms with Crippen LogP contribution in [0.2, 0.25) is 0 Å². The van der Waals surface area contributed by atoms with Gasteiger partial charge in [-0.3, -0.25) is 4.90 Å². The highest BCUT2D eigenvalue weighted by Gasteiger charge is 2.24. The van der Waals surface area contributed by atoms with E-state index in [9.17, 15) is 4.79 Å². The molecule has 2 atom stereocenters. The Hall–Kier alpha value is -1.29. The van der Waals surface area contributed by atoms with E-state index in [4.69, 9.17) is 9.52 Å². The number of carbonyl (C=O) groups is 1. The van der Waals surface area contributed by atoms with E-state index < -0.39 is 5.97 Å². The third kappa shape index (κ3) is 2.69. The summed E-state index contributed by atoms with van der Waals surface area (Å²) in [5.41, 5.74) is 0. The molecule has 0 aliphatic carbocycles. The van der Waals surface area contributed by atoms with Gasteiger partial charge < -0.3 is 9.52 Å². The topological polar surface area (TPSA) is 53.7 Å². The van der Waals surface area contributed by atoms with E-state index in [1.54, 1.807) is 6.07 Å². The predicted molar refractivity (Wildman–Crippen MR) is 64.1 cm³/mol. The maximum Gasteiger partial charge on any atom is 0.371 e. The molecule has 1 aliphatic rings.